The Morgan fingerprint density at radius 3 is 2.34 bits per heavy atom. The molecule has 3 N–H and O–H groups in total. The maximum Gasteiger partial charge on any atom is 0.222 e. The number of amides is 1. The first kappa shape index (κ1) is 23.3. The van der Waals surface area contributed by atoms with Crippen LogP contribution < -0.4 is 10.6 Å². The number of rotatable bonds is 6. The summed E-state index contributed by atoms with van der Waals surface area (Å²) in [6.07, 6.45) is 4.22. The van der Waals surface area contributed by atoms with Gasteiger partial charge < -0.3 is 15.7 Å². The third-order valence-corrected chi connectivity index (χ3v) is 5.51. The van der Waals surface area contributed by atoms with E-state index in [-0.39, 0.29) is 10.9 Å². The molecule has 0 atom stereocenters. The van der Waals surface area contributed by atoms with Gasteiger partial charge in [0.2, 0.25) is 5.91 Å². The Kier molecular flexibility index (Phi) is 6.29. The first-order chi connectivity index (χ1) is 14.8. The summed E-state index contributed by atoms with van der Waals surface area (Å²) in [5.41, 5.74) is 2.02. The van der Waals surface area contributed by atoms with Gasteiger partial charge in [0, 0.05) is 42.8 Å². The molecule has 0 aliphatic carbocycles. The standard InChI is InChI=1S/C22H25N5O4S/c1-13-8-20(27-21(9-13)32(5,30)31)26-18-10-19(25-14(2)28)24-12-16(18)17-7-6-15(11-23-17)22(3,4)29/h6-12,29H,1-5H3,(H2,24,25,26,27,28). The lowest BCUT2D eigenvalue weighted by atomic mass is 9.99. The minimum Gasteiger partial charge on any atom is -0.386 e. The molecule has 10 heteroatoms. The Balaban J connectivity index is 2.09. The van der Waals surface area contributed by atoms with Crippen molar-refractivity contribution in [3.8, 4) is 11.3 Å². The zero-order chi connectivity index (χ0) is 23.7. The van der Waals surface area contributed by atoms with Crippen LogP contribution in [0.15, 0.2) is 47.8 Å². The number of aliphatic hydroxyl groups is 1. The van der Waals surface area contributed by atoms with E-state index in [4.69, 9.17) is 0 Å². The summed E-state index contributed by atoms with van der Waals surface area (Å²) in [5.74, 6) is 0.351. The van der Waals surface area contributed by atoms with Gasteiger partial charge in [-0.1, -0.05) is 6.07 Å². The molecule has 0 aromatic carbocycles. The lowest BCUT2D eigenvalue weighted by Crippen LogP contribution is -2.15. The van der Waals surface area contributed by atoms with Crippen LogP contribution in [0.4, 0.5) is 17.3 Å². The highest BCUT2D eigenvalue weighted by Gasteiger charge is 2.18. The van der Waals surface area contributed by atoms with E-state index in [0.717, 1.165) is 6.26 Å². The van der Waals surface area contributed by atoms with Gasteiger partial charge in [-0.25, -0.2) is 18.4 Å². The number of anilines is 3. The quantitative estimate of drug-likeness (QED) is 0.516. The number of hydrogen-bond acceptors (Lipinski definition) is 8. The van der Waals surface area contributed by atoms with Gasteiger partial charge in [0.25, 0.3) is 0 Å². The first-order valence-electron chi connectivity index (χ1n) is 9.75. The van der Waals surface area contributed by atoms with Crippen molar-refractivity contribution >= 4 is 33.1 Å². The number of aromatic nitrogens is 3. The minimum absolute atomic E-state index is 0.0506. The van der Waals surface area contributed by atoms with Crippen molar-refractivity contribution in [3.05, 3.63) is 53.9 Å². The second-order valence-corrected chi connectivity index (χ2v) is 10.0. The van der Waals surface area contributed by atoms with E-state index in [1.165, 1.54) is 13.0 Å². The van der Waals surface area contributed by atoms with Gasteiger partial charge in [-0.3, -0.25) is 9.78 Å². The average molecular weight is 456 g/mol. The van der Waals surface area contributed by atoms with Crippen molar-refractivity contribution < 1.29 is 18.3 Å². The van der Waals surface area contributed by atoms with Crippen molar-refractivity contribution in [2.75, 3.05) is 16.9 Å². The molecule has 0 fully saturated rings. The molecule has 1 amide bonds. The Morgan fingerprint density at radius 1 is 1.06 bits per heavy atom. The van der Waals surface area contributed by atoms with Gasteiger partial charge in [0.1, 0.15) is 11.6 Å². The lowest BCUT2D eigenvalue weighted by molar-refractivity contribution is -0.114. The summed E-state index contributed by atoms with van der Waals surface area (Å²) in [6.45, 7) is 6.49. The summed E-state index contributed by atoms with van der Waals surface area (Å²) >= 11 is 0. The number of pyridine rings is 3. The van der Waals surface area contributed by atoms with Crippen LogP contribution in [0.2, 0.25) is 0 Å². The van der Waals surface area contributed by atoms with E-state index in [0.29, 0.717) is 39.7 Å². The third kappa shape index (κ3) is 5.65. The predicted octanol–water partition coefficient (Wildman–Crippen LogP) is 3.18. The van der Waals surface area contributed by atoms with E-state index in [1.807, 2.05) is 0 Å². The second-order valence-electron chi connectivity index (χ2n) is 8.05. The van der Waals surface area contributed by atoms with E-state index in [9.17, 15) is 18.3 Å². The number of nitrogens with zero attached hydrogens (tertiary/aromatic N) is 3. The van der Waals surface area contributed by atoms with Crippen LogP contribution in [0, 0.1) is 6.92 Å². The van der Waals surface area contributed by atoms with Gasteiger partial charge in [-0.15, -0.1) is 0 Å². The summed E-state index contributed by atoms with van der Waals surface area (Å²) in [4.78, 5) is 24.4. The molecule has 0 spiro atoms. The summed E-state index contributed by atoms with van der Waals surface area (Å²) < 4.78 is 24.0. The van der Waals surface area contributed by atoms with Crippen molar-refractivity contribution in [1.82, 2.24) is 15.0 Å². The Hall–Kier alpha value is -3.37. The number of carbonyl (C=O) groups excluding carboxylic acids is 1. The second kappa shape index (κ2) is 8.64. The SMILES string of the molecule is CC(=O)Nc1cc(Nc2cc(C)cc(S(C)(=O)=O)n2)c(-c2ccc(C(C)(C)O)cn2)cn1. The summed E-state index contributed by atoms with van der Waals surface area (Å²) in [6, 6.07) is 8.33. The van der Waals surface area contributed by atoms with Gasteiger partial charge in [0.05, 0.1) is 17.0 Å². The molecule has 0 aliphatic rings. The molecule has 3 heterocycles. The highest BCUT2D eigenvalue weighted by atomic mass is 32.2. The molecule has 0 aliphatic heterocycles. The lowest BCUT2D eigenvalue weighted by Gasteiger charge is -2.18. The monoisotopic (exact) mass is 455 g/mol. The van der Waals surface area contributed by atoms with Gasteiger partial charge in [-0.2, -0.15) is 0 Å². The molecular weight excluding hydrogens is 430 g/mol. The van der Waals surface area contributed by atoms with Crippen molar-refractivity contribution in [3.63, 3.8) is 0 Å². The molecule has 0 saturated carbocycles. The molecular formula is C22H25N5O4S. The molecule has 0 radical (unpaired) electrons. The van der Waals surface area contributed by atoms with E-state index in [2.05, 4.69) is 25.6 Å². The largest absolute Gasteiger partial charge is 0.386 e. The van der Waals surface area contributed by atoms with Crippen LogP contribution in [0.1, 0.15) is 31.9 Å². The number of aryl methyl sites for hydroxylation is 1. The Morgan fingerprint density at radius 2 is 1.78 bits per heavy atom. The third-order valence-electron chi connectivity index (χ3n) is 4.54. The smallest absolute Gasteiger partial charge is 0.222 e. The molecule has 32 heavy (non-hydrogen) atoms. The van der Waals surface area contributed by atoms with Crippen LogP contribution in [0.3, 0.4) is 0 Å². The van der Waals surface area contributed by atoms with E-state index >= 15 is 0 Å². The van der Waals surface area contributed by atoms with Crippen molar-refractivity contribution in [2.45, 2.75) is 38.3 Å². The molecule has 3 rings (SSSR count). The van der Waals surface area contributed by atoms with E-state index < -0.39 is 15.4 Å². The highest BCUT2D eigenvalue weighted by molar-refractivity contribution is 7.90. The highest BCUT2D eigenvalue weighted by Crippen LogP contribution is 2.31. The zero-order valence-corrected chi connectivity index (χ0v) is 19.3. The van der Waals surface area contributed by atoms with E-state index in [1.54, 1.807) is 57.4 Å². The molecule has 168 valence electrons. The molecule has 3 aromatic heterocycles. The topological polar surface area (TPSA) is 134 Å². The summed E-state index contributed by atoms with van der Waals surface area (Å²) in [5, 5.41) is 15.9. The van der Waals surface area contributed by atoms with Crippen LogP contribution in [-0.2, 0) is 20.2 Å². The van der Waals surface area contributed by atoms with Crippen molar-refractivity contribution in [2.24, 2.45) is 0 Å². The van der Waals surface area contributed by atoms with Gasteiger partial charge >= 0.3 is 0 Å². The normalized spacial score (nSPS) is 11.8. The first-order valence-corrected chi connectivity index (χ1v) is 11.6. The number of carbonyl (C=O) groups is 1. The predicted molar refractivity (Wildman–Crippen MR) is 122 cm³/mol. The maximum atomic E-state index is 12.0. The fourth-order valence-electron chi connectivity index (χ4n) is 2.95. The molecule has 0 saturated heterocycles. The molecule has 3 aromatic rings. The zero-order valence-electron chi connectivity index (χ0n) is 18.5. The van der Waals surface area contributed by atoms with Crippen LogP contribution in [0.5, 0.6) is 0 Å². The van der Waals surface area contributed by atoms with Gasteiger partial charge in [0.15, 0.2) is 14.9 Å². The molecule has 0 unspecified atom stereocenters. The van der Waals surface area contributed by atoms with Crippen LogP contribution in [0.25, 0.3) is 11.3 Å². The number of sulfone groups is 1. The maximum absolute atomic E-state index is 12.0. The number of nitrogens with one attached hydrogen (secondary N) is 2. The fraction of sp³-hybridized carbons (Fsp3) is 0.273. The minimum atomic E-state index is -3.50. The fourth-order valence-corrected chi connectivity index (χ4v) is 3.62. The van der Waals surface area contributed by atoms with Gasteiger partial charge in [-0.05, 0) is 44.5 Å². The van der Waals surface area contributed by atoms with Crippen molar-refractivity contribution in [1.29, 1.82) is 0 Å². The Labute approximate surface area is 186 Å². The van der Waals surface area contributed by atoms with Crippen LogP contribution in [-0.4, -0.2) is 40.6 Å². The average Bonchev–Trinajstić information content (AvgIpc) is 2.66. The summed E-state index contributed by atoms with van der Waals surface area (Å²) in [7, 11) is -3.50. The van der Waals surface area contributed by atoms with Crippen LogP contribution >= 0.6 is 0 Å². The Bertz CT molecular complexity index is 1270. The molecule has 0 bridgehead atoms. The number of hydrogen-bond donors (Lipinski definition) is 3. The molecule has 9 nitrogen and oxygen atoms in total.